The number of hydrogen-bond donors (Lipinski definition) is 3. The van der Waals surface area contributed by atoms with E-state index in [2.05, 4.69) is 32.7 Å². The Morgan fingerprint density at radius 3 is 2.87 bits per heavy atom. The van der Waals surface area contributed by atoms with Crippen molar-refractivity contribution in [2.45, 2.75) is 36.7 Å². The molecule has 4 aliphatic heterocycles. The summed E-state index contributed by atoms with van der Waals surface area (Å²) in [5.74, 6) is -0.394. The van der Waals surface area contributed by atoms with Crippen LogP contribution in [0.15, 0.2) is 65.9 Å². The zero-order valence-corrected chi connectivity index (χ0v) is 21.6. The van der Waals surface area contributed by atoms with Crippen molar-refractivity contribution in [3.63, 3.8) is 0 Å². The van der Waals surface area contributed by atoms with E-state index in [0.29, 0.717) is 35.1 Å². The fourth-order valence-corrected chi connectivity index (χ4v) is 7.24. The first-order valence-electron chi connectivity index (χ1n) is 12.9. The Bertz CT molecular complexity index is 1320. The van der Waals surface area contributed by atoms with Crippen LogP contribution in [0.4, 0.5) is 10.5 Å². The zero-order valence-electron chi connectivity index (χ0n) is 20.8. The third-order valence-corrected chi connectivity index (χ3v) is 8.93. The number of urea groups is 1. The smallest absolute Gasteiger partial charge is 0.326 e. The Morgan fingerprint density at radius 2 is 2.05 bits per heavy atom. The van der Waals surface area contributed by atoms with Gasteiger partial charge in [0.2, 0.25) is 5.91 Å². The van der Waals surface area contributed by atoms with Gasteiger partial charge < -0.3 is 20.9 Å². The standard InChI is InChI=1S/C27H29N7O3S/c1-2-21(35)33-12-6-9-17(15-33)30-25(36)24-23-22-20(10-11-28-26(22)38-24)34(27(37)31-23)18-13-19(32-29-14-18)16-7-4-3-5-8-16/h2-5,7-8,13-14,17,20,22,26,28H,1,6,9-12,15H2,(H,30,36)(H,31,37)/t17-,20?,22?,26?/m1/s1. The number of amides is 4. The van der Waals surface area contributed by atoms with Gasteiger partial charge in [0.1, 0.15) is 0 Å². The zero-order chi connectivity index (χ0) is 26.2. The normalized spacial score (nSPS) is 26.5. The Kier molecular flexibility index (Phi) is 6.62. The maximum absolute atomic E-state index is 13.5. The number of carbonyl (C=O) groups excluding carboxylic acids is 3. The first-order valence-corrected chi connectivity index (χ1v) is 13.8. The van der Waals surface area contributed by atoms with Crippen LogP contribution in [0.25, 0.3) is 11.3 Å². The van der Waals surface area contributed by atoms with Crippen LogP contribution in [-0.4, -0.2) is 70.0 Å². The molecule has 4 amide bonds. The lowest BCUT2D eigenvalue weighted by Crippen LogP contribution is -2.62. The van der Waals surface area contributed by atoms with Crippen molar-refractivity contribution in [3.05, 3.63) is 65.9 Å². The van der Waals surface area contributed by atoms with E-state index in [0.717, 1.165) is 31.4 Å². The average molecular weight is 532 g/mol. The van der Waals surface area contributed by atoms with Crippen molar-refractivity contribution >= 4 is 35.3 Å². The molecule has 1 aromatic carbocycles. The van der Waals surface area contributed by atoms with Gasteiger partial charge in [-0.15, -0.1) is 0 Å². The fourth-order valence-electron chi connectivity index (χ4n) is 5.84. The molecule has 0 bridgehead atoms. The first kappa shape index (κ1) is 24.6. The van der Waals surface area contributed by atoms with Gasteiger partial charge in [0, 0.05) is 36.3 Å². The highest BCUT2D eigenvalue weighted by molar-refractivity contribution is 8.04. The summed E-state index contributed by atoms with van der Waals surface area (Å²) in [6.45, 7) is 5.42. The minimum Gasteiger partial charge on any atom is -0.347 e. The monoisotopic (exact) mass is 531 g/mol. The number of rotatable bonds is 5. The second-order valence-electron chi connectivity index (χ2n) is 9.88. The molecule has 38 heavy (non-hydrogen) atoms. The van der Waals surface area contributed by atoms with Crippen LogP contribution < -0.4 is 20.9 Å². The summed E-state index contributed by atoms with van der Waals surface area (Å²) in [6.07, 6.45) is 5.29. The lowest BCUT2D eigenvalue weighted by molar-refractivity contribution is -0.128. The Hall–Kier alpha value is -3.70. The number of nitrogens with zero attached hydrogens (tertiary/aromatic N) is 4. The molecule has 11 heteroatoms. The van der Waals surface area contributed by atoms with Gasteiger partial charge in [0.25, 0.3) is 5.91 Å². The molecule has 0 spiro atoms. The molecule has 3 fully saturated rings. The highest BCUT2D eigenvalue weighted by Crippen LogP contribution is 2.48. The van der Waals surface area contributed by atoms with Crippen LogP contribution in [0.3, 0.4) is 0 Å². The molecule has 3 saturated heterocycles. The van der Waals surface area contributed by atoms with Crippen molar-refractivity contribution in [2.75, 3.05) is 24.5 Å². The van der Waals surface area contributed by atoms with Gasteiger partial charge >= 0.3 is 6.03 Å². The van der Waals surface area contributed by atoms with Crippen LogP contribution in [0.5, 0.6) is 0 Å². The highest BCUT2D eigenvalue weighted by atomic mass is 32.2. The fraction of sp³-hybridized carbons (Fsp3) is 0.370. The number of aromatic nitrogens is 2. The van der Waals surface area contributed by atoms with Crippen molar-refractivity contribution in [2.24, 2.45) is 5.92 Å². The quantitative estimate of drug-likeness (QED) is 0.506. The molecule has 1 aromatic heterocycles. The van der Waals surface area contributed by atoms with Gasteiger partial charge in [0.05, 0.1) is 33.9 Å². The van der Waals surface area contributed by atoms with Gasteiger partial charge in [0.15, 0.2) is 0 Å². The molecule has 5 heterocycles. The predicted octanol–water partition coefficient (Wildman–Crippen LogP) is 2.23. The van der Waals surface area contributed by atoms with E-state index in [1.54, 1.807) is 16.0 Å². The van der Waals surface area contributed by atoms with Gasteiger partial charge in [-0.25, -0.2) is 4.79 Å². The number of anilines is 1. The van der Waals surface area contributed by atoms with E-state index in [1.807, 2.05) is 36.4 Å². The molecule has 3 N–H and O–H groups in total. The van der Waals surface area contributed by atoms with E-state index in [-0.39, 0.29) is 41.2 Å². The van der Waals surface area contributed by atoms with Crippen molar-refractivity contribution in [1.82, 2.24) is 31.0 Å². The molecule has 3 unspecified atom stereocenters. The molecule has 4 aliphatic rings. The van der Waals surface area contributed by atoms with Crippen molar-refractivity contribution < 1.29 is 14.4 Å². The topological polar surface area (TPSA) is 120 Å². The van der Waals surface area contributed by atoms with Crippen LogP contribution in [0.2, 0.25) is 0 Å². The van der Waals surface area contributed by atoms with Gasteiger partial charge in [-0.05, 0) is 37.9 Å². The molecular formula is C27H29N7O3S. The van der Waals surface area contributed by atoms with Crippen molar-refractivity contribution in [3.8, 4) is 11.3 Å². The van der Waals surface area contributed by atoms with E-state index >= 15 is 0 Å². The number of hydrogen-bond acceptors (Lipinski definition) is 7. The van der Waals surface area contributed by atoms with Crippen LogP contribution in [0, 0.1) is 5.92 Å². The third kappa shape index (κ3) is 4.45. The van der Waals surface area contributed by atoms with E-state index in [4.69, 9.17) is 0 Å². The van der Waals surface area contributed by atoms with E-state index < -0.39 is 0 Å². The second kappa shape index (κ2) is 10.2. The largest absolute Gasteiger partial charge is 0.347 e. The molecular weight excluding hydrogens is 502 g/mol. The third-order valence-electron chi connectivity index (χ3n) is 7.58. The molecule has 2 aromatic rings. The lowest BCUT2D eigenvalue weighted by Gasteiger charge is -2.45. The number of piperidine rings is 2. The van der Waals surface area contributed by atoms with Crippen LogP contribution >= 0.6 is 11.8 Å². The first-order chi connectivity index (χ1) is 18.5. The number of likely N-dealkylation sites (tertiary alicyclic amines) is 1. The summed E-state index contributed by atoms with van der Waals surface area (Å²) in [5.41, 5.74) is 2.98. The van der Waals surface area contributed by atoms with Gasteiger partial charge in [-0.1, -0.05) is 48.7 Å². The minimum atomic E-state index is -0.276. The van der Waals surface area contributed by atoms with E-state index in [1.165, 1.54) is 17.8 Å². The summed E-state index contributed by atoms with van der Waals surface area (Å²) in [5, 5.41) is 18.1. The highest BCUT2D eigenvalue weighted by Gasteiger charge is 2.52. The number of benzene rings is 1. The SMILES string of the molecule is C=CC(=O)N1CCC[C@@H](NC(=O)C2=C3NC(=O)N(c4cnnc(-c5ccccc5)c4)C4CCNC(S2)C34)C1. The summed E-state index contributed by atoms with van der Waals surface area (Å²) in [7, 11) is 0. The van der Waals surface area contributed by atoms with Crippen LogP contribution in [0.1, 0.15) is 19.3 Å². The summed E-state index contributed by atoms with van der Waals surface area (Å²) >= 11 is 1.47. The van der Waals surface area contributed by atoms with Gasteiger partial charge in [-0.3, -0.25) is 14.5 Å². The molecule has 4 atom stereocenters. The summed E-state index contributed by atoms with van der Waals surface area (Å²) < 4.78 is 0. The Labute approximate surface area is 224 Å². The maximum atomic E-state index is 13.5. The molecule has 0 saturated carbocycles. The number of carbonyl (C=O) groups is 3. The Morgan fingerprint density at radius 1 is 1.21 bits per heavy atom. The number of thioether (sulfide) groups is 1. The van der Waals surface area contributed by atoms with E-state index in [9.17, 15) is 14.4 Å². The second-order valence-corrected chi connectivity index (χ2v) is 11.0. The maximum Gasteiger partial charge on any atom is 0.326 e. The molecule has 196 valence electrons. The molecule has 6 rings (SSSR count). The molecule has 0 aliphatic carbocycles. The van der Waals surface area contributed by atoms with Crippen LogP contribution in [-0.2, 0) is 9.59 Å². The Balaban J connectivity index is 1.25. The summed E-state index contributed by atoms with van der Waals surface area (Å²) in [4.78, 5) is 43.0. The average Bonchev–Trinajstić information content (AvgIpc) is 3.33. The number of nitrogens with one attached hydrogen (secondary N) is 3. The molecule has 10 nitrogen and oxygen atoms in total. The molecule has 0 radical (unpaired) electrons. The van der Waals surface area contributed by atoms with Gasteiger partial charge in [-0.2, -0.15) is 10.2 Å². The van der Waals surface area contributed by atoms with Crippen molar-refractivity contribution in [1.29, 1.82) is 0 Å². The lowest BCUT2D eigenvalue weighted by atomic mass is 9.86. The summed E-state index contributed by atoms with van der Waals surface area (Å²) in [6, 6.07) is 11.1. The minimum absolute atomic E-state index is 0.0267. The predicted molar refractivity (Wildman–Crippen MR) is 145 cm³/mol.